The van der Waals surface area contributed by atoms with Gasteiger partial charge in [-0.25, -0.2) is 0 Å². The van der Waals surface area contributed by atoms with Gasteiger partial charge in [-0.2, -0.15) is 11.8 Å². The molecule has 4 atom stereocenters. The van der Waals surface area contributed by atoms with E-state index in [0.29, 0.717) is 38.7 Å². The van der Waals surface area contributed by atoms with Gasteiger partial charge in [-0.1, -0.05) is 24.3 Å². The molecule has 0 spiro atoms. The summed E-state index contributed by atoms with van der Waals surface area (Å²) in [6.07, 6.45) is 2.27. The fraction of sp³-hybridized carbons (Fsp3) is 0.652. The Kier molecular flexibility index (Phi) is 10.9. The van der Waals surface area contributed by atoms with E-state index in [9.17, 15) is 19.8 Å². The van der Waals surface area contributed by atoms with Crippen molar-refractivity contribution >= 4 is 23.5 Å². The number of thioether (sulfide) groups is 1. The summed E-state index contributed by atoms with van der Waals surface area (Å²) in [6, 6.07) is 7.97. The van der Waals surface area contributed by atoms with Crippen LogP contribution in [-0.4, -0.2) is 57.9 Å². The first-order valence-corrected chi connectivity index (χ1v) is 11.8. The summed E-state index contributed by atoms with van der Waals surface area (Å²) >= 11 is 1.66. The lowest BCUT2D eigenvalue weighted by Gasteiger charge is -2.22. The number of carboxylic acid groups (broad SMARTS) is 1. The van der Waals surface area contributed by atoms with Gasteiger partial charge in [0.15, 0.2) is 0 Å². The molecule has 7 heteroatoms. The Labute approximate surface area is 183 Å². The number of benzene rings is 1. The molecule has 0 aliphatic heterocycles. The molecule has 1 fully saturated rings. The molecule has 0 bridgehead atoms. The Hall–Kier alpha value is -1.41. The summed E-state index contributed by atoms with van der Waals surface area (Å²) in [4.78, 5) is 22.9. The fourth-order valence-electron chi connectivity index (χ4n) is 4.19. The molecule has 0 saturated heterocycles. The molecule has 1 aromatic carbocycles. The van der Waals surface area contributed by atoms with E-state index in [0.717, 1.165) is 22.6 Å². The largest absolute Gasteiger partial charge is 0.481 e. The summed E-state index contributed by atoms with van der Waals surface area (Å²) in [5, 5.41) is 29.5. The van der Waals surface area contributed by atoms with Crippen LogP contribution in [0.5, 0.6) is 0 Å². The average molecular weight is 439 g/mol. The zero-order valence-electron chi connectivity index (χ0n) is 17.7. The Morgan fingerprint density at radius 3 is 2.77 bits per heavy atom. The maximum atomic E-state index is 12.3. The van der Waals surface area contributed by atoms with Crippen LogP contribution in [0.25, 0.3) is 0 Å². The summed E-state index contributed by atoms with van der Waals surface area (Å²) in [5.41, 5.74) is 2.12. The van der Waals surface area contributed by atoms with Crippen molar-refractivity contribution in [2.24, 2.45) is 11.8 Å². The molecule has 0 radical (unpaired) electrons. The number of carbonyl (C=O) groups excluding carboxylic acids is 1. The standard InChI is InChI=1S/C23H34O6S/c1-29-15-17-5-2-4-16(12-17)13-18(24)7-8-19-20(22(26)14-21(19)25)9-11-30-10-3-6-23(27)28/h2,4-5,12,18-21,24-25H,3,6-11,13-15H2,1H3,(H,27,28)/t18-,19-,20-,21-/m1/s1. The topological polar surface area (TPSA) is 104 Å². The van der Waals surface area contributed by atoms with E-state index in [1.54, 1.807) is 18.9 Å². The number of ether oxygens (including phenoxy) is 1. The van der Waals surface area contributed by atoms with Gasteiger partial charge in [-0.3, -0.25) is 9.59 Å². The van der Waals surface area contributed by atoms with Crippen molar-refractivity contribution in [2.75, 3.05) is 18.6 Å². The van der Waals surface area contributed by atoms with Gasteiger partial charge >= 0.3 is 5.97 Å². The zero-order valence-corrected chi connectivity index (χ0v) is 18.5. The molecular formula is C23H34O6S. The number of ketones is 1. The van der Waals surface area contributed by atoms with Gasteiger partial charge in [0.1, 0.15) is 5.78 Å². The number of aliphatic carboxylic acids is 1. The number of Topliss-reactive ketones (excluding diaryl/α,β-unsaturated/α-hetero) is 1. The molecule has 168 valence electrons. The van der Waals surface area contributed by atoms with E-state index in [-0.39, 0.29) is 30.5 Å². The molecule has 30 heavy (non-hydrogen) atoms. The van der Waals surface area contributed by atoms with Crippen LogP contribution in [0.4, 0.5) is 0 Å². The highest BCUT2D eigenvalue weighted by molar-refractivity contribution is 7.99. The van der Waals surface area contributed by atoms with E-state index >= 15 is 0 Å². The number of carbonyl (C=O) groups is 2. The van der Waals surface area contributed by atoms with Crippen LogP contribution < -0.4 is 0 Å². The maximum Gasteiger partial charge on any atom is 0.303 e. The number of aliphatic hydroxyl groups excluding tert-OH is 2. The molecule has 3 N–H and O–H groups in total. The van der Waals surface area contributed by atoms with Gasteiger partial charge in [-0.05, 0) is 60.7 Å². The summed E-state index contributed by atoms with van der Waals surface area (Å²) < 4.78 is 5.15. The van der Waals surface area contributed by atoms with Crippen molar-refractivity contribution < 1.29 is 29.6 Å². The number of rotatable bonds is 14. The van der Waals surface area contributed by atoms with Crippen molar-refractivity contribution in [1.82, 2.24) is 0 Å². The summed E-state index contributed by atoms with van der Waals surface area (Å²) in [7, 11) is 1.65. The van der Waals surface area contributed by atoms with Gasteiger partial charge in [0.05, 0.1) is 18.8 Å². The molecule has 1 saturated carbocycles. The van der Waals surface area contributed by atoms with E-state index in [1.807, 2.05) is 24.3 Å². The van der Waals surface area contributed by atoms with Gasteiger partial charge in [0.25, 0.3) is 0 Å². The SMILES string of the molecule is COCc1cccc(C[C@H](O)CC[C@H]2[C@H](O)CC(=O)[C@@H]2CCSCCCC(=O)O)c1. The highest BCUT2D eigenvalue weighted by Crippen LogP contribution is 2.36. The lowest BCUT2D eigenvalue weighted by molar-refractivity contribution is -0.137. The van der Waals surface area contributed by atoms with E-state index in [1.165, 1.54) is 0 Å². The van der Waals surface area contributed by atoms with Gasteiger partial charge in [-0.15, -0.1) is 0 Å². The van der Waals surface area contributed by atoms with Crippen LogP contribution in [-0.2, 0) is 27.4 Å². The Morgan fingerprint density at radius 1 is 1.27 bits per heavy atom. The molecule has 0 amide bonds. The van der Waals surface area contributed by atoms with Crippen LogP contribution in [0.1, 0.15) is 49.7 Å². The Balaban J connectivity index is 1.77. The molecule has 0 aromatic heterocycles. The maximum absolute atomic E-state index is 12.3. The fourth-order valence-corrected chi connectivity index (χ4v) is 5.17. The second-order valence-corrected chi connectivity index (χ2v) is 9.32. The summed E-state index contributed by atoms with van der Waals surface area (Å²) in [5.74, 6) is 0.611. The molecule has 1 aliphatic carbocycles. The van der Waals surface area contributed by atoms with E-state index < -0.39 is 18.2 Å². The monoisotopic (exact) mass is 438 g/mol. The van der Waals surface area contributed by atoms with Gasteiger partial charge in [0.2, 0.25) is 0 Å². The first-order chi connectivity index (χ1) is 14.4. The van der Waals surface area contributed by atoms with Crippen molar-refractivity contribution in [3.63, 3.8) is 0 Å². The lowest BCUT2D eigenvalue weighted by Crippen LogP contribution is -2.23. The van der Waals surface area contributed by atoms with Crippen molar-refractivity contribution in [3.8, 4) is 0 Å². The third-order valence-electron chi connectivity index (χ3n) is 5.69. The Bertz CT molecular complexity index is 679. The smallest absolute Gasteiger partial charge is 0.303 e. The van der Waals surface area contributed by atoms with Crippen molar-refractivity contribution in [2.45, 2.75) is 63.8 Å². The molecular weight excluding hydrogens is 404 g/mol. The molecule has 6 nitrogen and oxygen atoms in total. The average Bonchev–Trinajstić information content (AvgIpc) is 2.95. The van der Waals surface area contributed by atoms with Crippen LogP contribution >= 0.6 is 11.8 Å². The van der Waals surface area contributed by atoms with Gasteiger partial charge < -0.3 is 20.1 Å². The second kappa shape index (κ2) is 13.1. The quantitative estimate of drug-likeness (QED) is 0.384. The van der Waals surface area contributed by atoms with E-state index in [2.05, 4.69) is 0 Å². The van der Waals surface area contributed by atoms with Gasteiger partial charge in [0, 0.05) is 25.9 Å². The number of hydrogen-bond donors (Lipinski definition) is 3. The predicted molar refractivity (Wildman–Crippen MR) is 118 cm³/mol. The van der Waals surface area contributed by atoms with Crippen LogP contribution in [0.15, 0.2) is 24.3 Å². The first kappa shape index (κ1) is 24.9. The minimum Gasteiger partial charge on any atom is -0.481 e. The zero-order chi connectivity index (χ0) is 21.9. The highest BCUT2D eigenvalue weighted by Gasteiger charge is 2.40. The van der Waals surface area contributed by atoms with E-state index in [4.69, 9.17) is 9.84 Å². The number of aliphatic hydroxyl groups is 2. The summed E-state index contributed by atoms with van der Waals surface area (Å²) in [6.45, 7) is 0.538. The van der Waals surface area contributed by atoms with Crippen molar-refractivity contribution in [3.05, 3.63) is 35.4 Å². The third-order valence-corrected chi connectivity index (χ3v) is 6.80. The minimum atomic E-state index is -0.784. The predicted octanol–water partition coefficient (Wildman–Crippen LogP) is 3.07. The Morgan fingerprint density at radius 2 is 2.03 bits per heavy atom. The second-order valence-electron chi connectivity index (χ2n) is 8.09. The minimum absolute atomic E-state index is 0.105. The molecule has 1 aromatic rings. The lowest BCUT2D eigenvalue weighted by atomic mass is 9.86. The molecule has 0 unspecified atom stereocenters. The first-order valence-electron chi connectivity index (χ1n) is 10.7. The highest BCUT2D eigenvalue weighted by atomic mass is 32.2. The number of carboxylic acids is 1. The van der Waals surface area contributed by atoms with Crippen molar-refractivity contribution in [1.29, 1.82) is 0 Å². The van der Waals surface area contributed by atoms with Crippen LogP contribution in [0.3, 0.4) is 0 Å². The molecule has 1 aliphatic rings. The molecule has 2 rings (SSSR count). The van der Waals surface area contributed by atoms with Crippen LogP contribution in [0, 0.1) is 11.8 Å². The molecule has 0 heterocycles. The normalized spacial score (nSPS) is 22.4. The third kappa shape index (κ3) is 8.38. The number of hydrogen-bond acceptors (Lipinski definition) is 6. The number of methoxy groups -OCH3 is 1. The van der Waals surface area contributed by atoms with Crippen LogP contribution in [0.2, 0.25) is 0 Å².